The summed E-state index contributed by atoms with van der Waals surface area (Å²) in [5.41, 5.74) is 2.84. The number of hydrogen-bond donors (Lipinski definition) is 0. The van der Waals surface area contributed by atoms with Crippen molar-refractivity contribution in [2.45, 2.75) is 6.92 Å². The van der Waals surface area contributed by atoms with Crippen LogP contribution in [0.5, 0.6) is 0 Å². The Hall–Kier alpha value is -1.90. The Bertz CT molecular complexity index is 511. The number of fused-ring (bicyclic) bond motifs is 1. The minimum Gasteiger partial charge on any atom is -0.298 e. The maximum Gasteiger partial charge on any atom is 0.184 e. The van der Waals surface area contributed by atoms with Crippen LogP contribution in [0.1, 0.15) is 11.1 Å². The lowest BCUT2D eigenvalue weighted by molar-refractivity contribution is 1.15. The highest BCUT2D eigenvalue weighted by molar-refractivity contribution is 5.63. The second kappa shape index (κ2) is 3.10. The molecule has 3 heteroatoms. The maximum atomic E-state index is 10.6. The van der Waals surface area contributed by atoms with Gasteiger partial charge in [0.1, 0.15) is 0 Å². The molecule has 0 saturated heterocycles. The Morgan fingerprint density at radius 3 is 2.93 bits per heavy atom. The molecule has 2 aromatic rings. The third-order valence-corrected chi connectivity index (χ3v) is 2.27. The van der Waals surface area contributed by atoms with E-state index in [2.05, 4.69) is 11.8 Å². The van der Waals surface area contributed by atoms with Gasteiger partial charge in [-0.05, 0) is 35.4 Å². The van der Waals surface area contributed by atoms with Crippen LogP contribution in [0, 0.1) is 11.8 Å². The topological polar surface area (TPSA) is 33.8 Å². The fraction of sp³-hybridized carbons (Fsp3) is 0.0909. The van der Waals surface area contributed by atoms with Crippen LogP contribution in [-0.2, 0) is 0 Å². The Kier molecular flexibility index (Phi) is 1.93. The van der Waals surface area contributed by atoms with Gasteiger partial charge in [-0.15, -0.1) is 4.91 Å². The van der Waals surface area contributed by atoms with Gasteiger partial charge in [-0.1, -0.05) is 18.7 Å². The van der Waals surface area contributed by atoms with Crippen molar-refractivity contribution in [3.8, 4) is 0 Å². The van der Waals surface area contributed by atoms with Crippen LogP contribution in [0.4, 0.5) is 5.82 Å². The normalized spacial score (nSPS) is 10.4. The second-order valence-electron chi connectivity index (χ2n) is 3.20. The van der Waals surface area contributed by atoms with Crippen LogP contribution >= 0.6 is 0 Å². The van der Waals surface area contributed by atoms with Crippen LogP contribution in [-0.4, -0.2) is 4.40 Å². The molecule has 14 heavy (non-hydrogen) atoms. The number of nitrogens with zero attached hydrogens (tertiary/aromatic N) is 2. The van der Waals surface area contributed by atoms with Gasteiger partial charge in [0, 0.05) is 11.7 Å². The van der Waals surface area contributed by atoms with Crippen molar-refractivity contribution in [1.29, 1.82) is 0 Å². The lowest BCUT2D eigenvalue weighted by atomic mass is 10.2. The van der Waals surface area contributed by atoms with Gasteiger partial charge in [0.15, 0.2) is 5.82 Å². The van der Waals surface area contributed by atoms with E-state index in [4.69, 9.17) is 0 Å². The van der Waals surface area contributed by atoms with E-state index in [0.29, 0.717) is 5.82 Å². The summed E-state index contributed by atoms with van der Waals surface area (Å²) in [5.74, 6) is 0.462. The second-order valence-corrected chi connectivity index (χ2v) is 3.20. The zero-order valence-electron chi connectivity index (χ0n) is 7.90. The van der Waals surface area contributed by atoms with E-state index in [9.17, 15) is 4.91 Å². The summed E-state index contributed by atoms with van der Waals surface area (Å²) in [6.45, 7) is 5.55. The third kappa shape index (κ3) is 1.14. The van der Waals surface area contributed by atoms with Crippen LogP contribution in [0.25, 0.3) is 11.6 Å². The van der Waals surface area contributed by atoms with E-state index in [-0.39, 0.29) is 0 Å². The molecular formula is C11H10N2O. The van der Waals surface area contributed by atoms with Crippen molar-refractivity contribution < 1.29 is 0 Å². The summed E-state index contributed by atoms with van der Waals surface area (Å²) in [5, 5.41) is 3.01. The van der Waals surface area contributed by atoms with Crippen LogP contribution in [0.2, 0.25) is 0 Å². The number of rotatable bonds is 2. The Labute approximate surface area is 81.6 Å². The molecule has 2 rings (SSSR count). The highest BCUT2D eigenvalue weighted by Crippen LogP contribution is 2.24. The standard InChI is InChI=1S/C11H10N2O/c1-3-9-4-5-10-6-8(2)11(12-14)13(10)7-9/h3-7H,1H2,2H3. The zero-order chi connectivity index (χ0) is 10.1. The van der Waals surface area contributed by atoms with E-state index in [1.54, 1.807) is 10.5 Å². The smallest absolute Gasteiger partial charge is 0.184 e. The van der Waals surface area contributed by atoms with E-state index < -0.39 is 0 Å². The molecule has 3 nitrogen and oxygen atoms in total. The summed E-state index contributed by atoms with van der Waals surface area (Å²) in [6.07, 6.45) is 3.59. The zero-order valence-corrected chi connectivity index (χ0v) is 7.90. The Balaban J connectivity index is 2.83. The van der Waals surface area contributed by atoms with Gasteiger partial charge in [0.2, 0.25) is 0 Å². The SMILES string of the molecule is C=Cc1ccc2cc(C)c(N=O)n2c1. The van der Waals surface area contributed by atoms with Crippen molar-refractivity contribution in [3.63, 3.8) is 0 Å². The molecule has 2 heterocycles. The van der Waals surface area contributed by atoms with E-state index in [1.165, 1.54) is 0 Å². The van der Waals surface area contributed by atoms with E-state index in [0.717, 1.165) is 16.6 Å². The molecule has 70 valence electrons. The van der Waals surface area contributed by atoms with Crippen LogP contribution < -0.4 is 0 Å². The predicted molar refractivity (Wildman–Crippen MR) is 57.7 cm³/mol. The first-order valence-corrected chi connectivity index (χ1v) is 4.34. The number of hydrogen-bond acceptors (Lipinski definition) is 2. The molecule has 0 amide bonds. The summed E-state index contributed by atoms with van der Waals surface area (Å²) < 4.78 is 1.78. The molecule has 2 aromatic heterocycles. The monoisotopic (exact) mass is 186 g/mol. The Morgan fingerprint density at radius 1 is 1.50 bits per heavy atom. The lowest BCUT2D eigenvalue weighted by Gasteiger charge is -1.98. The quantitative estimate of drug-likeness (QED) is 0.662. The molecule has 0 saturated carbocycles. The highest BCUT2D eigenvalue weighted by atomic mass is 16.3. The highest BCUT2D eigenvalue weighted by Gasteiger charge is 2.06. The fourth-order valence-corrected chi connectivity index (χ4v) is 1.54. The first-order chi connectivity index (χ1) is 6.76. The van der Waals surface area contributed by atoms with Crippen LogP contribution in [0.15, 0.2) is 36.2 Å². The van der Waals surface area contributed by atoms with Crippen molar-refractivity contribution in [3.05, 3.63) is 47.0 Å². The molecule has 0 unspecified atom stereocenters. The average molecular weight is 186 g/mol. The lowest BCUT2D eigenvalue weighted by Crippen LogP contribution is -1.84. The van der Waals surface area contributed by atoms with Crippen molar-refractivity contribution in [2.75, 3.05) is 0 Å². The fourth-order valence-electron chi connectivity index (χ4n) is 1.54. The summed E-state index contributed by atoms with van der Waals surface area (Å²) in [7, 11) is 0. The van der Waals surface area contributed by atoms with Gasteiger partial charge in [0.05, 0.1) is 0 Å². The molecule has 0 radical (unpaired) electrons. The summed E-state index contributed by atoms with van der Waals surface area (Å²) >= 11 is 0. The van der Waals surface area contributed by atoms with Gasteiger partial charge in [-0.2, -0.15) is 0 Å². The largest absolute Gasteiger partial charge is 0.298 e. The third-order valence-electron chi connectivity index (χ3n) is 2.27. The molecular weight excluding hydrogens is 176 g/mol. The minimum absolute atomic E-state index is 0.462. The number of pyridine rings is 1. The molecule has 0 fully saturated rings. The van der Waals surface area contributed by atoms with Crippen LogP contribution in [0.3, 0.4) is 0 Å². The Morgan fingerprint density at radius 2 is 2.29 bits per heavy atom. The van der Waals surface area contributed by atoms with Crippen molar-refractivity contribution in [1.82, 2.24) is 4.40 Å². The predicted octanol–water partition coefficient (Wildman–Crippen LogP) is 3.29. The molecule has 0 atom stereocenters. The number of nitroso groups, excluding NO2 is 1. The molecule has 0 spiro atoms. The van der Waals surface area contributed by atoms with Gasteiger partial charge in [-0.3, -0.25) is 4.40 Å². The van der Waals surface area contributed by atoms with Gasteiger partial charge in [-0.25, -0.2) is 0 Å². The van der Waals surface area contributed by atoms with E-state index in [1.807, 2.05) is 31.3 Å². The molecule has 0 bridgehead atoms. The first-order valence-electron chi connectivity index (χ1n) is 4.34. The van der Waals surface area contributed by atoms with Gasteiger partial charge < -0.3 is 0 Å². The molecule has 0 aliphatic carbocycles. The number of aromatic nitrogens is 1. The summed E-state index contributed by atoms with van der Waals surface area (Å²) in [4.78, 5) is 10.6. The molecule has 0 aliphatic rings. The van der Waals surface area contributed by atoms with Gasteiger partial charge in [0.25, 0.3) is 0 Å². The molecule has 0 aliphatic heterocycles. The van der Waals surface area contributed by atoms with Crippen molar-refractivity contribution in [2.24, 2.45) is 5.18 Å². The number of aryl methyl sites for hydroxylation is 1. The summed E-state index contributed by atoms with van der Waals surface area (Å²) in [6, 6.07) is 5.83. The minimum atomic E-state index is 0.462. The van der Waals surface area contributed by atoms with Gasteiger partial charge >= 0.3 is 0 Å². The van der Waals surface area contributed by atoms with E-state index >= 15 is 0 Å². The maximum absolute atomic E-state index is 10.6. The molecule has 0 N–H and O–H groups in total. The average Bonchev–Trinajstić information content (AvgIpc) is 2.52. The van der Waals surface area contributed by atoms with Crippen molar-refractivity contribution >= 4 is 17.4 Å². The first kappa shape index (κ1) is 8.69. The molecule has 0 aromatic carbocycles.